The summed E-state index contributed by atoms with van der Waals surface area (Å²) < 4.78 is 4.30. The molecular formula is C20H20Br2N4O. The number of halogens is 2. The average molecular weight is 492 g/mol. The molecule has 0 radical (unpaired) electrons. The Morgan fingerprint density at radius 2 is 1.74 bits per heavy atom. The van der Waals surface area contributed by atoms with E-state index in [0.717, 1.165) is 38.6 Å². The van der Waals surface area contributed by atoms with Gasteiger partial charge in [0.15, 0.2) is 0 Å². The van der Waals surface area contributed by atoms with E-state index < -0.39 is 6.10 Å². The molecule has 5 nitrogen and oxygen atoms in total. The number of aromatic nitrogens is 3. The number of aliphatic hydroxyl groups excluding tert-OH is 1. The lowest BCUT2D eigenvalue weighted by Crippen LogP contribution is -2.31. The second kappa shape index (κ2) is 8.14. The van der Waals surface area contributed by atoms with Gasteiger partial charge in [-0.2, -0.15) is 0 Å². The van der Waals surface area contributed by atoms with Crippen LogP contribution in [0.3, 0.4) is 0 Å². The van der Waals surface area contributed by atoms with E-state index in [1.54, 1.807) is 6.33 Å². The first kappa shape index (κ1) is 18.7. The molecule has 1 atom stereocenters. The molecule has 4 rings (SSSR count). The first-order valence-electron chi connectivity index (χ1n) is 8.85. The van der Waals surface area contributed by atoms with Crippen LogP contribution in [0, 0.1) is 0 Å². The van der Waals surface area contributed by atoms with Crippen LogP contribution in [-0.2, 0) is 13.0 Å². The van der Waals surface area contributed by atoms with Crippen LogP contribution in [0.2, 0.25) is 0 Å². The molecule has 0 amide bonds. The molecule has 0 saturated carbocycles. The van der Waals surface area contributed by atoms with Crippen molar-refractivity contribution in [2.75, 3.05) is 13.1 Å². The van der Waals surface area contributed by atoms with E-state index >= 15 is 0 Å². The highest BCUT2D eigenvalue weighted by atomic mass is 79.9. The normalized spacial score (nSPS) is 12.9. The number of benzene rings is 2. The van der Waals surface area contributed by atoms with E-state index in [0.29, 0.717) is 13.1 Å². The van der Waals surface area contributed by atoms with Crippen LogP contribution in [0.1, 0.15) is 5.69 Å². The molecule has 0 bridgehead atoms. The summed E-state index contributed by atoms with van der Waals surface area (Å²) in [5.41, 5.74) is 3.35. The lowest BCUT2D eigenvalue weighted by atomic mass is 10.2. The highest BCUT2D eigenvalue weighted by molar-refractivity contribution is 9.10. The Bertz CT molecular complexity index is 1000. The van der Waals surface area contributed by atoms with Gasteiger partial charge in [-0.3, -0.25) is 0 Å². The standard InChI is InChI=1S/C20H20Br2N4O/c21-13-1-3-19-17(7-13)18-8-14(22)2-4-20(18)26(19)11-16(27)10-23-6-5-15-9-24-12-25-15/h1-4,7-9,12,16,23,27H,5-6,10-11H2,(H,24,25). The summed E-state index contributed by atoms with van der Waals surface area (Å²) in [6, 6.07) is 12.6. The van der Waals surface area contributed by atoms with Crippen LogP contribution < -0.4 is 5.32 Å². The Morgan fingerprint density at radius 3 is 2.33 bits per heavy atom. The van der Waals surface area contributed by atoms with Crippen LogP contribution in [-0.4, -0.2) is 38.8 Å². The molecule has 3 N–H and O–H groups in total. The highest BCUT2D eigenvalue weighted by Crippen LogP contribution is 2.33. The zero-order valence-corrected chi connectivity index (χ0v) is 17.8. The Kier molecular flexibility index (Phi) is 5.63. The number of hydrogen-bond donors (Lipinski definition) is 3. The zero-order chi connectivity index (χ0) is 18.8. The SMILES string of the molecule is OC(CNCCc1cnc[nH]1)Cn1c2ccc(Br)cc2c2cc(Br)ccc21. The third kappa shape index (κ3) is 4.11. The molecule has 7 heteroatoms. The van der Waals surface area contributed by atoms with Gasteiger partial charge in [0.05, 0.1) is 19.0 Å². The summed E-state index contributed by atoms with van der Waals surface area (Å²) in [6.45, 7) is 1.88. The van der Waals surface area contributed by atoms with Crippen molar-refractivity contribution >= 4 is 53.7 Å². The minimum atomic E-state index is -0.474. The van der Waals surface area contributed by atoms with E-state index in [2.05, 4.69) is 76.0 Å². The maximum Gasteiger partial charge on any atom is 0.0921 e. The van der Waals surface area contributed by atoms with Crippen LogP contribution >= 0.6 is 31.9 Å². The predicted octanol–water partition coefficient (Wildman–Crippen LogP) is 4.24. The Balaban J connectivity index is 1.51. The van der Waals surface area contributed by atoms with Crippen molar-refractivity contribution in [3.63, 3.8) is 0 Å². The minimum Gasteiger partial charge on any atom is -0.390 e. The molecule has 0 spiro atoms. The third-order valence-electron chi connectivity index (χ3n) is 4.69. The summed E-state index contributed by atoms with van der Waals surface area (Å²) in [7, 11) is 0. The molecule has 27 heavy (non-hydrogen) atoms. The van der Waals surface area contributed by atoms with Crippen LogP contribution in [0.4, 0.5) is 0 Å². The summed E-state index contributed by atoms with van der Waals surface area (Å²) in [4.78, 5) is 7.10. The first-order valence-corrected chi connectivity index (χ1v) is 10.4. The Labute approximate surface area is 174 Å². The van der Waals surface area contributed by atoms with Gasteiger partial charge in [-0.15, -0.1) is 0 Å². The van der Waals surface area contributed by atoms with Crippen molar-refractivity contribution < 1.29 is 5.11 Å². The molecule has 0 aliphatic carbocycles. The van der Waals surface area contributed by atoms with Gasteiger partial charge in [0.1, 0.15) is 0 Å². The number of aliphatic hydroxyl groups is 1. The lowest BCUT2D eigenvalue weighted by molar-refractivity contribution is 0.154. The molecule has 0 aliphatic heterocycles. The quantitative estimate of drug-likeness (QED) is 0.339. The molecular weight excluding hydrogens is 472 g/mol. The molecule has 4 aromatic rings. The van der Waals surface area contributed by atoms with E-state index in [1.807, 2.05) is 18.3 Å². The Hall–Kier alpha value is -1.67. The zero-order valence-electron chi connectivity index (χ0n) is 14.6. The van der Waals surface area contributed by atoms with Gasteiger partial charge >= 0.3 is 0 Å². The molecule has 140 valence electrons. The lowest BCUT2D eigenvalue weighted by Gasteiger charge is -2.15. The fourth-order valence-electron chi connectivity index (χ4n) is 3.43. The van der Waals surface area contributed by atoms with Crippen molar-refractivity contribution in [1.82, 2.24) is 19.9 Å². The van der Waals surface area contributed by atoms with Crippen molar-refractivity contribution in [1.29, 1.82) is 0 Å². The van der Waals surface area contributed by atoms with E-state index in [4.69, 9.17) is 0 Å². The van der Waals surface area contributed by atoms with Crippen molar-refractivity contribution in [3.8, 4) is 0 Å². The van der Waals surface area contributed by atoms with Crippen LogP contribution in [0.25, 0.3) is 21.8 Å². The number of hydrogen-bond acceptors (Lipinski definition) is 3. The van der Waals surface area contributed by atoms with Gasteiger partial charge < -0.3 is 20.0 Å². The number of nitrogens with zero attached hydrogens (tertiary/aromatic N) is 2. The van der Waals surface area contributed by atoms with Gasteiger partial charge in [0, 0.05) is 62.2 Å². The molecule has 0 saturated heterocycles. The largest absolute Gasteiger partial charge is 0.390 e. The van der Waals surface area contributed by atoms with E-state index in [-0.39, 0.29) is 0 Å². The second-order valence-electron chi connectivity index (χ2n) is 6.62. The number of rotatable bonds is 7. The fraction of sp³-hybridized carbons (Fsp3) is 0.250. The number of aromatic amines is 1. The monoisotopic (exact) mass is 490 g/mol. The topological polar surface area (TPSA) is 65.9 Å². The first-order chi connectivity index (χ1) is 13.1. The number of fused-ring (bicyclic) bond motifs is 3. The average Bonchev–Trinajstić information content (AvgIpc) is 3.26. The van der Waals surface area contributed by atoms with Crippen LogP contribution in [0.5, 0.6) is 0 Å². The smallest absolute Gasteiger partial charge is 0.0921 e. The van der Waals surface area contributed by atoms with E-state index in [1.165, 1.54) is 10.8 Å². The van der Waals surface area contributed by atoms with Gasteiger partial charge in [-0.05, 0) is 36.4 Å². The fourth-order valence-corrected chi connectivity index (χ4v) is 4.16. The highest BCUT2D eigenvalue weighted by Gasteiger charge is 2.14. The molecule has 0 aliphatic rings. The van der Waals surface area contributed by atoms with E-state index in [9.17, 15) is 5.11 Å². The number of H-pyrrole nitrogens is 1. The minimum absolute atomic E-state index is 0.474. The van der Waals surface area contributed by atoms with Crippen molar-refractivity contribution in [2.24, 2.45) is 0 Å². The summed E-state index contributed by atoms with van der Waals surface area (Å²) in [6.07, 6.45) is 3.90. The van der Waals surface area contributed by atoms with Gasteiger partial charge in [-0.1, -0.05) is 31.9 Å². The van der Waals surface area contributed by atoms with Gasteiger partial charge in [-0.25, -0.2) is 4.98 Å². The number of nitrogens with one attached hydrogen (secondary N) is 2. The maximum absolute atomic E-state index is 10.6. The van der Waals surface area contributed by atoms with Crippen LogP contribution in [0.15, 0.2) is 57.9 Å². The van der Waals surface area contributed by atoms with Crippen molar-refractivity contribution in [3.05, 3.63) is 63.6 Å². The van der Waals surface area contributed by atoms with Gasteiger partial charge in [0.25, 0.3) is 0 Å². The van der Waals surface area contributed by atoms with Gasteiger partial charge in [0.2, 0.25) is 0 Å². The molecule has 2 aromatic heterocycles. The Morgan fingerprint density at radius 1 is 1.07 bits per heavy atom. The molecule has 1 unspecified atom stereocenters. The van der Waals surface area contributed by atoms with Crippen molar-refractivity contribution in [2.45, 2.75) is 19.1 Å². The summed E-state index contributed by atoms with van der Waals surface area (Å²) in [5, 5.41) is 16.3. The molecule has 2 heterocycles. The summed E-state index contributed by atoms with van der Waals surface area (Å²) in [5.74, 6) is 0. The number of imidazole rings is 1. The predicted molar refractivity (Wildman–Crippen MR) is 116 cm³/mol. The summed E-state index contributed by atoms with van der Waals surface area (Å²) >= 11 is 7.14. The maximum atomic E-state index is 10.6. The third-order valence-corrected chi connectivity index (χ3v) is 5.67. The molecule has 2 aromatic carbocycles. The molecule has 0 fully saturated rings. The second-order valence-corrected chi connectivity index (χ2v) is 8.45.